The Kier molecular flexibility index (Phi) is 4.04. The maximum Gasteiger partial charge on any atom is 0.409 e. The lowest BCUT2D eigenvalue weighted by Gasteiger charge is -2.30. The molecule has 1 heterocycles. The van der Waals surface area contributed by atoms with Gasteiger partial charge in [0.1, 0.15) is 0 Å². The molecule has 0 atom stereocenters. The van der Waals surface area contributed by atoms with E-state index in [-0.39, 0.29) is 12.1 Å². The van der Waals surface area contributed by atoms with Crippen molar-refractivity contribution in [3.05, 3.63) is 0 Å². The first kappa shape index (κ1) is 10.3. The number of hydrogen-bond acceptors (Lipinski definition) is 4. The Hall–Kier alpha value is -0.745. The van der Waals surface area contributed by atoms with Crippen LogP contribution in [0.5, 0.6) is 0 Å². The van der Waals surface area contributed by atoms with Gasteiger partial charge in [-0.2, -0.15) is 0 Å². The zero-order valence-electron chi connectivity index (χ0n) is 7.66. The normalized spacial score (nSPS) is 18.7. The summed E-state index contributed by atoms with van der Waals surface area (Å²) in [5, 5.41) is 0. The molecule has 6 heteroatoms. The number of amides is 1. The summed E-state index contributed by atoms with van der Waals surface area (Å²) in [6.45, 7) is 1.35. The van der Waals surface area contributed by atoms with Crippen LogP contribution in [0.1, 0.15) is 12.8 Å². The second-order valence-electron chi connectivity index (χ2n) is 2.97. The smallest absolute Gasteiger partial charge is 0.409 e. The summed E-state index contributed by atoms with van der Waals surface area (Å²) >= 11 is 0. The van der Waals surface area contributed by atoms with Crippen LogP contribution in [0.2, 0.25) is 0 Å². The van der Waals surface area contributed by atoms with E-state index in [0.29, 0.717) is 13.1 Å². The zero-order valence-corrected chi connectivity index (χ0v) is 7.66. The molecule has 1 N–H and O–H groups in total. The van der Waals surface area contributed by atoms with E-state index >= 15 is 0 Å². The van der Waals surface area contributed by atoms with Gasteiger partial charge in [0.05, 0.1) is 7.11 Å². The predicted octanol–water partition coefficient (Wildman–Crippen LogP) is -0.178. The summed E-state index contributed by atoms with van der Waals surface area (Å²) in [4.78, 5) is 12.7. The number of ether oxygens (including phenoxy) is 1. The molecule has 1 aliphatic heterocycles. The lowest BCUT2D eigenvalue weighted by molar-refractivity contribution is 0.0877. The minimum absolute atomic E-state index is 0.228. The van der Waals surface area contributed by atoms with Gasteiger partial charge in [0.2, 0.25) is 0 Å². The lowest BCUT2D eigenvalue weighted by Crippen LogP contribution is -2.44. The van der Waals surface area contributed by atoms with Crippen LogP contribution in [0, 0.1) is 0 Å². The SMILES string of the molecule is [B]ONC1CCN(C(=O)OC)CC1. The van der Waals surface area contributed by atoms with Gasteiger partial charge >= 0.3 is 14.1 Å². The number of nitrogens with zero attached hydrogens (tertiary/aromatic N) is 1. The summed E-state index contributed by atoms with van der Waals surface area (Å²) < 4.78 is 8.91. The first-order chi connectivity index (χ1) is 6.27. The van der Waals surface area contributed by atoms with Crippen molar-refractivity contribution in [3.8, 4) is 0 Å². The second kappa shape index (κ2) is 5.09. The van der Waals surface area contributed by atoms with Gasteiger partial charge in [0, 0.05) is 19.1 Å². The number of carbonyl (C=O) groups is 1. The Morgan fingerprint density at radius 3 is 2.62 bits per heavy atom. The van der Waals surface area contributed by atoms with Crippen molar-refractivity contribution in [1.82, 2.24) is 10.4 Å². The fourth-order valence-corrected chi connectivity index (χ4v) is 1.41. The van der Waals surface area contributed by atoms with Crippen molar-refractivity contribution in [2.75, 3.05) is 20.2 Å². The van der Waals surface area contributed by atoms with Crippen LogP contribution in [0.15, 0.2) is 0 Å². The van der Waals surface area contributed by atoms with Crippen LogP contribution in [0.25, 0.3) is 0 Å². The number of hydrogen-bond donors (Lipinski definition) is 1. The molecular weight excluding hydrogens is 171 g/mol. The number of methoxy groups -OCH3 is 1. The molecule has 0 aromatic rings. The monoisotopic (exact) mass is 184 g/mol. The third-order valence-corrected chi connectivity index (χ3v) is 2.16. The topological polar surface area (TPSA) is 50.8 Å². The zero-order chi connectivity index (χ0) is 9.68. The third-order valence-electron chi connectivity index (χ3n) is 2.16. The Labute approximate surface area is 78.8 Å². The molecule has 1 aliphatic rings. The molecular formula is C7H13BN2O3. The molecule has 0 aromatic carbocycles. The number of piperidine rings is 1. The Morgan fingerprint density at radius 2 is 2.15 bits per heavy atom. The molecule has 1 amide bonds. The van der Waals surface area contributed by atoms with Crippen LogP contribution in [-0.2, 0) is 9.49 Å². The van der Waals surface area contributed by atoms with E-state index in [1.807, 2.05) is 0 Å². The van der Waals surface area contributed by atoms with Crippen molar-refractivity contribution in [2.24, 2.45) is 0 Å². The van der Waals surface area contributed by atoms with Crippen LogP contribution in [-0.4, -0.2) is 45.3 Å². The minimum atomic E-state index is -0.271. The van der Waals surface area contributed by atoms with E-state index in [1.165, 1.54) is 7.11 Å². The number of carbonyl (C=O) groups excluding carboxylic acids is 1. The second-order valence-corrected chi connectivity index (χ2v) is 2.97. The minimum Gasteiger partial charge on any atom is -0.453 e. The number of nitrogens with one attached hydrogen (secondary N) is 1. The molecule has 0 bridgehead atoms. The quantitative estimate of drug-likeness (QED) is 0.477. The van der Waals surface area contributed by atoms with Crippen LogP contribution in [0.4, 0.5) is 4.79 Å². The summed E-state index contributed by atoms with van der Waals surface area (Å²) in [5.74, 6) is 0. The van der Waals surface area contributed by atoms with Gasteiger partial charge in [-0.3, -0.25) is 0 Å². The molecule has 13 heavy (non-hydrogen) atoms. The molecule has 2 radical (unpaired) electrons. The maximum absolute atomic E-state index is 11.1. The highest BCUT2D eigenvalue weighted by Crippen LogP contribution is 2.10. The van der Waals surface area contributed by atoms with Gasteiger partial charge < -0.3 is 14.4 Å². The van der Waals surface area contributed by atoms with Crippen molar-refractivity contribution < 1.29 is 14.3 Å². The van der Waals surface area contributed by atoms with Crippen LogP contribution in [0.3, 0.4) is 0 Å². The maximum atomic E-state index is 11.1. The van der Waals surface area contributed by atoms with Gasteiger partial charge in [-0.15, -0.1) is 0 Å². The molecule has 72 valence electrons. The Balaban J connectivity index is 2.26. The van der Waals surface area contributed by atoms with E-state index in [2.05, 4.69) is 15.0 Å². The highest BCUT2D eigenvalue weighted by Gasteiger charge is 2.22. The average molecular weight is 184 g/mol. The molecule has 1 fully saturated rings. The van der Waals surface area contributed by atoms with Gasteiger partial charge in [0.15, 0.2) is 0 Å². The summed E-state index contributed by atoms with van der Waals surface area (Å²) in [7, 11) is 6.25. The molecule has 0 saturated carbocycles. The lowest BCUT2D eigenvalue weighted by atomic mass is 10.1. The summed E-state index contributed by atoms with van der Waals surface area (Å²) in [5.41, 5.74) is 2.66. The molecule has 0 aliphatic carbocycles. The van der Waals surface area contributed by atoms with Crippen LogP contribution < -0.4 is 5.48 Å². The molecule has 1 rings (SSSR count). The average Bonchev–Trinajstić information content (AvgIpc) is 2.18. The van der Waals surface area contributed by atoms with E-state index < -0.39 is 0 Å². The molecule has 1 saturated heterocycles. The third kappa shape index (κ3) is 2.89. The Morgan fingerprint density at radius 1 is 1.54 bits per heavy atom. The number of hydroxylamine groups is 1. The summed E-state index contributed by atoms with van der Waals surface area (Å²) in [6, 6.07) is 0.228. The van der Waals surface area contributed by atoms with E-state index in [0.717, 1.165) is 12.8 Å². The number of likely N-dealkylation sites (tertiary alicyclic amines) is 1. The van der Waals surface area contributed by atoms with Crippen LogP contribution >= 0.6 is 0 Å². The fraction of sp³-hybridized carbons (Fsp3) is 0.857. The van der Waals surface area contributed by atoms with Crippen molar-refractivity contribution in [3.63, 3.8) is 0 Å². The molecule has 0 unspecified atom stereocenters. The highest BCUT2D eigenvalue weighted by molar-refractivity contribution is 5.97. The summed E-state index contributed by atoms with van der Waals surface area (Å²) in [6.07, 6.45) is 1.38. The molecule has 0 aromatic heterocycles. The van der Waals surface area contributed by atoms with Crippen molar-refractivity contribution in [2.45, 2.75) is 18.9 Å². The van der Waals surface area contributed by atoms with Gasteiger partial charge in [-0.25, -0.2) is 10.3 Å². The molecule has 5 nitrogen and oxygen atoms in total. The molecule has 0 spiro atoms. The predicted molar refractivity (Wildman–Crippen MR) is 47.0 cm³/mol. The van der Waals surface area contributed by atoms with Crippen molar-refractivity contribution in [1.29, 1.82) is 0 Å². The highest BCUT2D eigenvalue weighted by atomic mass is 16.6. The van der Waals surface area contributed by atoms with Gasteiger partial charge in [-0.05, 0) is 12.8 Å². The van der Waals surface area contributed by atoms with E-state index in [9.17, 15) is 4.79 Å². The Bertz CT molecular complexity index is 171. The number of rotatable bonds is 2. The van der Waals surface area contributed by atoms with Gasteiger partial charge in [-0.1, -0.05) is 0 Å². The first-order valence-electron chi connectivity index (χ1n) is 4.22. The van der Waals surface area contributed by atoms with Crippen molar-refractivity contribution >= 4 is 14.1 Å². The largest absolute Gasteiger partial charge is 0.453 e. The van der Waals surface area contributed by atoms with E-state index in [1.54, 1.807) is 4.90 Å². The van der Waals surface area contributed by atoms with E-state index in [4.69, 9.17) is 8.05 Å². The standard InChI is InChI=1S/C7H13BN2O3/c1-12-7(11)10-4-2-6(3-5-10)9-13-8/h6,9H,2-5H2,1H3. The first-order valence-corrected chi connectivity index (χ1v) is 4.22. The van der Waals surface area contributed by atoms with Gasteiger partial charge in [0.25, 0.3) is 0 Å². The fourth-order valence-electron chi connectivity index (χ4n) is 1.41.